The van der Waals surface area contributed by atoms with Crippen LogP contribution in [0, 0.1) is 11.3 Å². The predicted molar refractivity (Wildman–Crippen MR) is 52.2 cm³/mol. The van der Waals surface area contributed by atoms with Gasteiger partial charge in [-0.1, -0.05) is 27.7 Å². The Bertz CT molecular complexity index is 99.7. The Balaban J connectivity index is 3.55. The fourth-order valence-electron chi connectivity index (χ4n) is 0.681. The molecule has 0 bridgehead atoms. The van der Waals surface area contributed by atoms with Crippen molar-refractivity contribution in [3.8, 4) is 0 Å². The van der Waals surface area contributed by atoms with Crippen molar-refractivity contribution in [2.45, 2.75) is 27.7 Å². The van der Waals surface area contributed by atoms with E-state index in [1.54, 1.807) is 0 Å². The van der Waals surface area contributed by atoms with Crippen LogP contribution in [0.5, 0.6) is 0 Å². The predicted octanol–water partition coefficient (Wildman–Crippen LogP) is 2.50. The number of nitrogens with one attached hydrogen (secondary N) is 1. The summed E-state index contributed by atoms with van der Waals surface area (Å²) in [6, 6.07) is 0. The number of halogens is 1. The highest BCUT2D eigenvalue weighted by Gasteiger charge is 2.20. The third-order valence-electron chi connectivity index (χ3n) is 2.41. The Kier molecular flexibility index (Phi) is 5.11. The van der Waals surface area contributed by atoms with Gasteiger partial charge in [0.1, 0.15) is 0 Å². The zero-order valence-electron chi connectivity index (χ0n) is 8.08. The molecule has 0 aliphatic rings. The molecule has 0 saturated heterocycles. The smallest absolute Gasteiger partial charge is 0.0348 e. The molecular weight excluding hydrogens is 158 g/mol. The molecule has 0 aliphatic carbocycles. The number of rotatable bonds is 5. The van der Waals surface area contributed by atoms with Crippen molar-refractivity contribution in [3.05, 3.63) is 0 Å². The summed E-state index contributed by atoms with van der Waals surface area (Å²) in [6.45, 7) is 11.0. The minimum Gasteiger partial charge on any atom is -0.315 e. The van der Waals surface area contributed by atoms with Gasteiger partial charge in [-0.25, -0.2) is 0 Å². The maximum Gasteiger partial charge on any atom is 0.0348 e. The molecule has 0 amide bonds. The maximum absolute atomic E-state index is 5.55. The van der Waals surface area contributed by atoms with Gasteiger partial charge >= 0.3 is 0 Å². The lowest BCUT2D eigenvalue weighted by Crippen LogP contribution is -2.34. The molecule has 0 aromatic carbocycles. The van der Waals surface area contributed by atoms with Crippen LogP contribution in [0.15, 0.2) is 0 Å². The highest BCUT2D eigenvalue weighted by atomic mass is 35.5. The monoisotopic (exact) mass is 177 g/mol. The molecule has 11 heavy (non-hydrogen) atoms. The van der Waals surface area contributed by atoms with Crippen molar-refractivity contribution in [1.29, 1.82) is 0 Å². The van der Waals surface area contributed by atoms with E-state index in [4.69, 9.17) is 11.6 Å². The fourth-order valence-corrected chi connectivity index (χ4v) is 0.815. The SMILES string of the molecule is CC(C)C(C)(C)CNCCCl. The van der Waals surface area contributed by atoms with Crippen LogP contribution in [0.4, 0.5) is 0 Å². The zero-order chi connectivity index (χ0) is 8.91. The minimum atomic E-state index is 0.381. The van der Waals surface area contributed by atoms with E-state index < -0.39 is 0 Å². The summed E-state index contributed by atoms with van der Waals surface area (Å²) < 4.78 is 0. The summed E-state index contributed by atoms with van der Waals surface area (Å²) in [5, 5.41) is 3.32. The average Bonchev–Trinajstić information content (AvgIpc) is 1.88. The highest BCUT2D eigenvalue weighted by Crippen LogP contribution is 2.24. The Labute approximate surface area is 75.5 Å². The number of alkyl halides is 1. The van der Waals surface area contributed by atoms with Crippen LogP contribution >= 0.6 is 11.6 Å². The van der Waals surface area contributed by atoms with Gasteiger partial charge in [-0.2, -0.15) is 0 Å². The lowest BCUT2D eigenvalue weighted by molar-refractivity contribution is 0.240. The van der Waals surface area contributed by atoms with E-state index in [-0.39, 0.29) is 0 Å². The molecule has 0 radical (unpaired) electrons. The molecular formula is C9H20ClN. The van der Waals surface area contributed by atoms with Crippen LogP contribution in [0.3, 0.4) is 0 Å². The second-order valence-corrected chi connectivity index (χ2v) is 4.39. The Morgan fingerprint density at radius 2 is 1.91 bits per heavy atom. The number of hydrogen-bond donors (Lipinski definition) is 1. The molecule has 0 spiro atoms. The standard InChI is InChI=1S/C9H20ClN/c1-8(2)9(3,4)7-11-6-5-10/h8,11H,5-7H2,1-4H3. The first kappa shape index (κ1) is 11.2. The van der Waals surface area contributed by atoms with E-state index in [0.29, 0.717) is 17.2 Å². The molecule has 2 heteroatoms. The average molecular weight is 178 g/mol. The lowest BCUT2D eigenvalue weighted by Gasteiger charge is -2.29. The van der Waals surface area contributed by atoms with E-state index >= 15 is 0 Å². The summed E-state index contributed by atoms with van der Waals surface area (Å²) in [4.78, 5) is 0. The van der Waals surface area contributed by atoms with Crippen LogP contribution in [0.25, 0.3) is 0 Å². The lowest BCUT2D eigenvalue weighted by atomic mass is 9.81. The second-order valence-electron chi connectivity index (χ2n) is 4.01. The largest absolute Gasteiger partial charge is 0.315 e. The van der Waals surface area contributed by atoms with Crippen LogP contribution < -0.4 is 5.32 Å². The Morgan fingerprint density at radius 1 is 1.36 bits per heavy atom. The molecule has 0 heterocycles. The topological polar surface area (TPSA) is 12.0 Å². The van der Waals surface area contributed by atoms with E-state index in [0.717, 1.165) is 13.1 Å². The van der Waals surface area contributed by atoms with Gasteiger partial charge in [0.15, 0.2) is 0 Å². The van der Waals surface area contributed by atoms with Gasteiger partial charge in [-0.3, -0.25) is 0 Å². The molecule has 0 aromatic rings. The van der Waals surface area contributed by atoms with Crippen molar-refractivity contribution in [2.75, 3.05) is 19.0 Å². The highest BCUT2D eigenvalue weighted by molar-refractivity contribution is 6.18. The van der Waals surface area contributed by atoms with Crippen molar-refractivity contribution in [3.63, 3.8) is 0 Å². The summed E-state index contributed by atoms with van der Waals surface area (Å²) in [6.07, 6.45) is 0. The summed E-state index contributed by atoms with van der Waals surface area (Å²) >= 11 is 5.55. The first-order chi connectivity index (χ1) is 5.00. The fraction of sp³-hybridized carbons (Fsp3) is 1.00. The molecule has 68 valence electrons. The van der Waals surface area contributed by atoms with Gasteiger partial charge in [0.25, 0.3) is 0 Å². The van der Waals surface area contributed by atoms with Crippen LogP contribution in [0.2, 0.25) is 0 Å². The first-order valence-electron chi connectivity index (χ1n) is 4.27. The number of hydrogen-bond acceptors (Lipinski definition) is 1. The van der Waals surface area contributed by atoms with Crippen molar-refractivity contribution in [2.24, 2.45) is 11.3 Å². The zero-order valence-corrected chi connectivity index (χ0v) is 8.83. The van der Waals surface area contributed by atoms with E-state index in [1.807, 2.05) is 0 Å². The molecule has 0 saturated carbocycles. The van der Waals surface area contributed by atoms with Gasteiger partial charge < -0.3 is 5.32 Å². The molecule has 0 aliphatic heterocycles. The van der Waals surface area contributed by atoms with Crippen LogP contribution in [-0.4, -0.2) is 19.0 Å². The van der Waals surface area contributed by atoms with E-state index in [2.05, 4.69) is 33.0 Å². The molecule has 1 nitrogen and oxygen atoms in total. The van der Waals surface area contributed by atoms with Crippen LogP contribution in [0.1, 0.15) is 27.7 Å². The van der Waals surface area contributed by atoms with Crippen molar-refractivity contribution < 1.29 is 0 Å². The summed E-state index contributed by atoms with van der Waals surface area (Å²) in [5.41, 5.74) is 0.381. The molecule has 0 unspecified atom stereocenters. The van der Waals surface area contributed by atoms with Gasteiger partial charge in [-0.05, 0) is 11.3 Å². The molecule has 0 rings (SSSR count). The minimum absolute atomic E-state index is 0.381. The Hall–Kier alpha value is 0.250. The van der Waals surface area contributed by atoms with E-state index in [1.165, 1.54) is 0 Å². The molecule has 0 atom stereocenters. The van der Waals surface area contributed by atoms with Crippen molar-refractivity contribution >= 4 is 11.6 Å². The first-order valence-corrected chi connectivity index (χ1v) is 4.81. The summed E-state index contributed by atoms with van der Waals surface area (Å²) in [7, 11) is 0. The van der Waals surface area contributed by atoms with Gasteiger partial charge in [0, 0.05) is 19.0 Å². The Morgan fingerprint density at radius 3 is 2.27 bits per heavy atom. The van der Waals surface area contributed by atoms with Gasteiger partial charge in [-0.15, -0.1) is 11.6 Å². The molecule has 0 fully saturated rings. The van der Waals surface area contributed by atoms with Crippen LogP contribution in [-0.2, 0) is 0 Å². The summed E-state index contributed by atoms with van der Waals surface area (Å²) in [5.74, 6) is 1.42. The second kappa shape index (κ2) is 5.00. The third kappa shape index (κ3) is 4.65. The van der Waals surface area contributed by atoms with Gasteiger partial charge in [0.05, 0.1) is 0 Å². The maximum atomic E-state index is 5.55. The molecule has 1 N–H and O–H groups in total. The molecule has 0 aromatic heterocycles. The third-order valence-corrected chi connectivity index (χ3v) is 2.60. The quantitative estimate of drug-likeness (QED) is 0.503. The van der Waals surface area contributed by atoms with E-state index in [9.17, 15) is 0 Å². The van der Waals surface area contributed by atoms with Gasteiger partial charge in [0.2, 0.25) is 0 Å². The normalized spacial score (nSPS) is 12.5. The van der Waals surface area contributed by atoms with Crippen molar-refractivity contribution in [1.82, 2.24) is 5.32 Å².